The van der Waals surface area contributed by atoms with Crippen molar-refractivity contribution in [1.82, 2.24) is 5.32 Å². The van der Waals surface area contributed by atoms with E-state index in [0.717, 1.165) is 12.3 Å². The van der Waals surface area contributed by atoms with E-state index >= 15 is 0 Å². The first-order chi connectivity index (χ1) is 8.81. The van der Waals surface area contributed by atoms with Gasteiger partial charge in [-0.2, -0.15) is 0 Å². The maximum Gasteiger partial charge on any atom is 0.0107 e. The standard InChI is InChI=1S/C17H27N/c1-3-14-8-10-16(11-9-14)13-17(18-2)12-15-6-4-5-7-15/h8-11,15,17-18H,3-7,12-13H2,1-2H3. The van der Waals surface area contributed by atoms with E-state index in [1.54, 1.807) is 0 Å². The highest BCUT2D eigenvalue weighted by Crippen LogP contribution is 2.29. The van der Waals surface area contributed by atoms with Gasteiger partial charge in [0.25, 0.3) is 0 Å². The summed E-state index contributed by atoms with van der Waals surface area (Å²) in [6.45, 7) is 2.21. The molecule has 0 spiro atoms. The zero-order valence-corrected chi connectivity index (χ0v) is 11.9. The molecule has 1 N–H and O–H groups in total. The first-order valence-electron chi connectivity index (χ1n) is 7.57. The molecule has 1 aromatic rings. The number of hydrogen-bond acceptors (Lipinski definition) is 1. The molecule has 1 atom stereocenters. The summed E-state index contributed by atoms with van der Waals surface area (Å²) in [6, 6.07) is 9.81. The zero-order valence-electron chi connectivity index (χ0n) is 11.9. The van der Waals surface area contributed by atoms with Crippen molar-refractivity contribution in [3.8, 4) is 0 Å². The second kappa shape index (κ2) is 6.94. The van der Waals surface area contributed by atoms with Crippen LogP contribution < -0.4 is 5.32 Å². The van der Waals surface area contributed by atoms with Gasteiger partial charge in [0.1, 0.15) is 0 Å². The molecule has 0 radical (unpaired) electrons. The predicted molar refractivity (Wildman–Crippen MR) is 78.9 cm³/mol. The normalized spacial score (nSPS) is 18.1. The van der Waals surface area contributed by atoms with Crippen LogP contribution in [-0.4, -0.2) is 13.1 Å². The van der Waals surface area contributed by atoms with E-state index in [4.69, 9.17) is 0 Å². The first kappa shape index (κ1) is 13.6. The molecule has 1 aromatic carbocycles. The fourth-order valence-corrected chi connectivity index (χ4v) is 3.15. The molecule has 1 heteroatoms. The number of rotatable bonds is 6. The van der Waals surface area contributed by atoms with Gasteiger partial charge in [-0.05, 0) is 43.4 Å². The molecule has 18 heavy (non-hydrogen) atoms. The van der Waals surface area contributed by atoms with Gasteiger partial charge < -0.3 is 5.32 Å². The largest absolute Gasteiger partial charge is 0.317 e. The van der Waals surface area contributed by atoms with Gasteiger partial charge in [-0.15, -0.1) is 0 Å². The second-order valence-electron chi connectivity index (χ2n) is 5.75. The molecule has 1 saturated carbocycles. The van der Waals surface area contributed by atoms with Gasteiger partial charge in [0.2, 0.25) is 0 Å². The van der Waals surface area contributed by atoms with E-state index in [-0.39, 0.29) is 0 Å². The Morgan fingerprint density at radius 3 is 2.28 bits per heavy atom. The molecule has 0 aliphatic heterocycles. The Morgan fingerprint density at radius 2 is 1.72 bits per heavy atom. The fraction of sp³-hybridized carbons (Fsp3) is 0.647. The molecule has 1 nitrogen and oxygen atoms in total. The van der Waals surface area contributed by atoms with E-state index in [9.17, 15) is 0 Å². The lowest BCUT2D eigenvalue weighted by atomic mass is 9.93. The monoisotopic (exact) mass is 245 g/mol. The van der Waals surface area contributed by atoms with Crippen molar-refractivity contribution in [2.45, 2.75) is 57.9 Å². The average molecular weight is 245 g/mol. The Kier molecular flexibility index (Phi) is 5.25. The van der Waals surface area contributed by atoms with Gasteiger partial charge in [-0.25, -0.2) is 0 Å². The van der Waals surface area contributed by atoms with Gasteiger partial charge in [-0.1, -0.05) is 56.9 Å². The van der Waals surface area contributed by atoms with Crippen molar-refractivity contribution < 1.29 is 0 Å². The summed E-state index contributed by atoms with van der Waals surface area (Å²) in [5, 5.41) is 3.51. The van der Waals surface area contributed by atoms with Crippen LogP contribution in [0.15, 0.2) is 24.3 Å². The summed E-state index contributed by atoms with van der Waals surface area (Å²) in [5.41, 5.74) is 2.92. The Bertz CT molecular complexity index is 335. The molecule has 0 saturated heterocycles. The van der Waals surface area contributed by atoms with Gasteiger partial charge in [-0.3, -0.25) is 0 Å². The summed E-state index contributed by atoms with van der Waals surface area (Å²) >= 11 is 0. The SMILES string of the molecule is CCc1ccc(CC(CC2CCCC2)NC)cc1. The van der Waals surface area contributed by atoms with Crippen molar-refractivity contribution >= 4 is 0 Å². The smallest absolute Gasteiger partial charge is 0.0107 e. The third-order valence-corrected chi connectivity index (χ3v) is 4.41. The molecule has 0 amide bonds. The Hall–Kier alpha value is -0.820. The van der Waals surface area contributed by atoms with Crippen LogP contribution in [0.4, 0.5) is 0 Å². The van der Waals surface area contributed by atoms with Crippen LogP contribution in [0, 0.1) is 5.92 Å². The number of benzene rings is 1. The molecular formula is C17H27N. The third kappa shape index (κ3) is 3.84. The van der Waals surface area contributed by atoms with Gasteiger partial charge in [0.05, 0.1) is 0 Å². The van der Waals surface area contributed by atoms with Crippen LogP contribution in [-0.2, 0) is 12.8 Å². The highest BCUT2D eigenvalue weighted by Gasteiger charge is 2.19. The lowest BCUT2D eigenvalue weighted by Crippen LogP contribution is -2.29. The first-order valence-corrected chi connectivity index (χ1v) is 7.57. The second-order valence-corrected chi connectivity index (χ2v) is 5.75. The van der Waals surface area contributed by atoms with Gasteiger partial charge >= 0.3 is 0 Å². The van der Waals surface area contributed by atoms with Crippen LogP contribution in [0.2, 0.25) is 0 Å². The van der Waals surface area contributed by atoms with Crippen LogP contribution in [0.3, 0.4) is 0 Å². The minimum atomic E-state index is 0.653. The van der Waals surface area contributed by atoms with Crippen LogP contribution >= 0.6 is 0 Å². The summed E-state index contributed by atoms with van der Waals surface area (Å²) in [7, 11) is 2.11. The van der Waals surface area contributed by atoms with E-state index in [2.05, 4.69) is 43.6 Å². The van der Waals surface area contributed by atoms with E-state index in [1.807, 2.05) is 0 Å². The molecule has 2 rings (SSSR count). The molecule has 100 valence electrons. The van der Waals surface area contributed by atoms with Gasteiger partial charge in [0, 0.05) is 6.04 Å². The van der Waals surface area contributed by atoms with Crippen molar-refractivity contribution in [2.24, 2.45) is 5.92 Å². The van der Waals surface area contributed by atoms with Crippen LogP contribution in [0.25, 0.3) is 0 Å². The number of hydrogen-bond donors (Lipinski definition) is 1. The highest BCUT2D eigenvalue weighted by molar-refractivity contribution is 5.23. The van der Waals surface area contributed by atoms with E-state index in [1.165, 1.54) is 49.7 Å². The topological polar surface area (TPSA) is 12.0 Å². The van der Waals surface area contributed by atoms with E-state index in [0.29, 0.717) is 6.04 Å². The van der Waals surface area contributed by atoms with Crippen molar-refractivity contribution in [1.29, 1.82) is 0 Å². The number of aryl methyl sites for hydroxylation is 1. The molecule has 0 aromatic heterocycles. The predicted octanol–water partition coefficient (Wildman–Crippen LogP) is 3.96. The summed E-state index contributed by atoms with van der Waals surface area (Å²) in [5.74, 6) is 0.970. The molecular weight excluding hydrogens is 218 g/mol. The van der Waals surface area contributed by atoms with E-state index < -0.39 is 0 Å². The molecule has 1 fully saturated rings. The third-order valence-electron chi connectivity index (χ3n) is 4.41. The quantitative estimate of drug-likeness (QED) is 0.800. The van der Waals surface area contributed by atoms with Crippen molar-refractivity contribution in [3.63, 3.8) is 0 Å². The summed E-state index contributed by atoms with van der Waals surface area (Å²) in [6.07, 6.45) is 9.47. The minimum Gasteiger partial charge on any atom is -0.317 e. The van der Waals surface area contributed by atoms with Crippen LogP contribution in [0.5, 0.6) is 0 Å². The maximum absolute atomic E-state index is 3.51. The Balaban J connectivity index is 1.87. The lowest BCUT2D eigenvalue weighted by Gasteiger charge is -2.20. The summed E-state index contributed by atoms with van der Waals surface area (Å²) < 4.78 is 0. The molecule has 1 aliphatic carbocycles. The zero-order chi connectivity index (χ0) is 12.8. The molecule has 1 unspecified atom stereocenters. The fourth-order valence-electron chi connectivity index (χ4n) is 3.15. The van der Waals surface area contributed by atoms with Gasteiger partial charge in [0.15, 0.2) is 0 Å². The lowest BCUT2D eigenvalue weighted by molar-refractivity contribution is 0.402. The Labute approximate surface area is 112 Å². The number of likely N-dealkylation sites (N-methyl/N-ethyl adjacent to an activating group) is 1. The molecule has 0 heterocycles. The van der Waals surface area contributed by atoms with Crippen molar-refractivity contribution in [3.05, 3.63) is 35.4 Å². The van der Waals surface area contributed by atoms with Crippen LogP contribution in [0.1, 0.15) is 50.2 Å². The average Bonchev–Trinajstić information content (AvgIpc) is 2.91. The highest BCUT2D eigenvalue weighted by atomic mass is 14.9. The van der Waals surface area contributed by atoms with Crippen molar-refractivity contribution in [2.75, 3.05) is 7.05 Å². The minimum absolute atomic E-state index is 0.653. The Morgan fingerprint density at radius 1 is 1.11 bits per heavy atom. The number of nitrogens with one attached hydrogen (secondary N) is 1. The molecule has 0 bridgehead atoms. The molecule has 1 aliphatic rings. The summed E-state index contributed by atoms with van der Waals surface area (Å²) in [4.78, 5) is 0. The maximum atomic E-state index is 3.51.